The fourth-order valence-electron chi connectivity index (χ4n) is 1.03. The average Bonchev–Trinajstić information content (AvgIpc) is 2.57. The Labute approximate surface area is 118 Å². The molecule has 0 bridgehead atoms. The van der Waals surface area contributed by atoms with Gasteiger partial charge in [-0.05, 0) is 27.4 Å². The van der Waals surface area contributed by atoms with Gasteiger partial charge >= 0.3 is 5.97 Å². The average molecular weight is 356 g/mol. The van der Waals surface area contributed by atoms with Gasteiger partial charge in [0.2, 0.25) is 10.0 Å². The predicted molar refractivity (Wildman–Crippen MR) is 73.6 cm³/mol. The lowest BCUT2D eigenvalue weighted by Crippen LogP contribution is -2.32. The van der Waals surface area contributed by atoms with Crippen molar-refractivity contribution in [1.82, 2.24) is 4.72 Å². The van der Waals surface area contributed by atoms with Crippen LogP contribution in [0.2, 0.25) is 0 Å². The molecule has 0 unspecified atom stereocenters. The number of thiophene rings is 1. The van der Waals surface area contributed by atoms with E-state index in [-0.39, 0.29) is 21.7 Å². The van der Waals surface area contributed by atoms with Crippen LogP contribution in [0, 0.1) is 5.41 Å². The van der Waals surface area contributed by atoms with E-state index in [1.54, 1.807) is 0 Å². The molecule has 5 nitrogen and oxygen atoms in total. The molecule has 18 heavy (non-hydrogen) atoms. The summed E-state index contributed by atoms with van der Waals surface area (Å²) in [5.74, 6) is -1.14. The number of carbonyl (C=O) groups is 1. The normalized spacial score (nSPS) is 12.7. The summed E-state index contributed by atoms with van der Waals surface area (Å²) in [5, 5.41) is 8.82. The maximum Gasteiger partial charge on any atom is 0.345 e. The minimum Gasteiger partial charge on any atom is -0.477 e. The topological polar surface area (TPSA) is 83.5 Å². The van der Waals surface area contributed by atoms with Gasteiger partial charge in [0.05, 0.1) is 3.79 Å². The summed E-state index contributed by atoms with van der Waals surface area (Å²) < 4.78 is 26.8. The lowest BCUT2D eigenvalue weighted by atomic mass is 9.98. The second-order valence-corrected chi connectivity index (χ2v) is 9.04. The van der Waals surface area contributed by atoms with Crippen LogP contribution in [0.5, 0.6) is 0 Å². The highest BCUT2D eigenvalue weighted by Gasteiger charge is 2.24. The van der Waals surface area contributed by atoms with Crippen molar-refractivity contribution in [3.05, 3.63) is 14.7 Å². The molecule has 1 aromatic heterocycles. The standard InChI is InChI=1S/C10H14BrNO4S2/c1-10(2,3)5-12-18(15,16)7-4-6(9(13)14)17-8(7)11/h4,12H,5H2,1-3H3,(H,13,14). The largest absolute Gasteiger partial charge is 0.477 e. The van der Waals surface area contributed by atoms with Gasteiger partial charge in [0, 0.05) is 6.54 Å². The molecule has 1 heterocycles. The van der Waals surface area contributed by atoms with E-state index in [0.717, 1.165) is 17.4 Å². The molecule has 0 radical (unpaired) electrons. The summed E-state index contributed by atoms with van der Waals surface area (Å²) >= 11 is 3.96. The van der Waals surface area contributed by atoms with Crippen molar-refractivity contribution in [2.45, 2.75) is 25.7 Å². The summed E-state index contributed by atoms with van der Waals surface area (Å²) in [6.07, 6.45) is 0. The van der Waals surface area contributed by atoms with Crippen molar-refractivity contribution in [2.75, 3.05) is 6.54 Å². The highest BCUT2D eigenvalue weighted by atomic mass is 79.9. The van der Waals surface area contributed by atoms with Gasteiger partial charge in [0.25, 0.3) is 0 Å². The molecule has 0 aliphatic heterocycles. The summed E-state index contributed by atoms with van der Waals surface area (Å²) in [6.45, 7) is 5.99. The van der Waals surface area contributed by atoms with E-state index in [1.807, 2.05) is 20.8 Å². The van der Waals surface area contributed by atoms with E-state index in [0.29, 0.717) is 3.79 Å². The molecule has 0 amide bonds. The van der Waals surface area contributed by atoms with Crippen molar-refractivity contribution in [3.8, 4) is 0 Å². The first-order valence-corrected chi connectivity index (χ1v) is 8.14. The van der Waals surface area contributed by atoms with Crippen LogP contribution in [0.1, 0.15) is 30.4 Å². The molecule has 0 spiro atoms. The number of sulfonamides is 1. The number of carboxylic acid groups (broad SMARTS) is 1. The first-order chi connectivity index (χ1) is 8.03. The van der Waals surface area contributed by atoms with Crippen LogP contribution in [0.3, 0.4) is 0 Å². The fourth-order valence-corrected chi connectivity index (χ4v) is 4.72. The Morgan fingerprint density at radius 1 is 1.50 bits per heavy atom. The second-order valence-electron chi connectivity index (χ2n) is 4.94. The minimum atomic E-state index is -3.69. The third kappa shape index (κ3) is 4.04. The van der Waals surface area contributed by atoms with Crippen molar-refractivity contribution in [2.24, 2.45) is 5.41 Å². The molecule has 0 fully saturated rings. The lowest BCUT2D eigenvalue weighted by molar-refractivity contribution is 0.0702. The van der Waals surface area contributed by atoms with Crippen LogP contribution < -0.4 is 4.72 Å². The van der Waals surface area contributed by atoms with E-state index in [9.17, 15) is 13.2 Å². The minimum absolute atomic E-state index is 0.0157. The number of carboxylic acids is 1. The van der Waals surface area contributed by atoms with Crippen LogP contribution in [-0.4, -0.2) is 26.0 Å². The Balaban J connectivity index is 3.02. The Morgan fingerprint density at radius 2 is 2.06 bits per heavy atom. The lowest BCUT2D eigenvalue weighted by Gasteiger charge is -2.18. The number of halogens is 1. The predicted octanol–water partition coefficient (Wildman–Crippen LogP) is 2.53. The first-order valence-electron chi connectivity index (χ1n) is 5.05. The smallest absolute Gasteiger partial charge is 0.345 e. The van der Waals surface area contributed by atoms with Gasteiger partial charge in [-0.2, -0.15) is 0 Å². The third-order valence-electron chi connectivity index (χ3n) is 1.95. The quantitative estimate of drug-likeness (QED) is 0.868. The number of nitrogens with one attached hydrogen (secondary N) is 1. The van der Waals surface area contributed by atoms with Crippen molar-refractivity contribution in [3.63, 3.8) is 0 Å². The summed E-state index contributed by atoms with van der Waals surface area (Å²) in [6, 6.07) is 1.15. The van der Waals surface area contributed by atoms with Gasteiger partial charge in [-0.1, -0.05) is 20.8 Å². The molecular weight excluding hydrogens is 342 g/mol. The maximum atomic E-state index is 12.0. The van der Waals surface area contributed by atoms with Gasteiger partial charge < -0.3 is 5.11 Å². The third-order valence-corrected chi connectivity index (χ3v) is 5.59. The summed E-state index contributed by atoms with van der Waals surface area (Å²) in [5.41, 5.74) is -0.189. The number of aromatic carboxylic acids is 1. The summed E-state index contributed by atoms with van der Waals surface area (Å²) in [7, 11) is -3.69. The Bertz CT molecular complexity index is 557. The molecule has 1 rings (SSSR count). The fraction of sp³-hybridized carbons (Fsp3) is 0.500. The zero-order chi connectivity index (χ0) is 14.1. The van der Waals surface area contributed by atoms with E-state index < -0.39 is 16.0 Å². The first kappa shape index (κ1) is 15.6. The molecule has 0 saturated carbocycles. The number of hydrogen-bond donors (Lipinski definition) is 2. The Hall–Kier alpha value is -0.440. The molecular formula is C10H14BrNO4S2. The second kappa shape index (κ2) is 5.28. The maximum absolute atomic E-state index is 12.0. The zero-order valence-corrected chi connectivity index (χ0v) is 13.4. The number of hydrogen-bond acceptors (Lipinski definition) is 4. The van der Waals surface area contributed by atoms with Gasteiger partial charge in [-0.25, -0.2) is 17.9 Å². The van der Waals surface area contributed by atoms with Crippen LogP contribution >= 0.6 is 27.3 Å². The molecule has 0 saturated heterocycles. The monoisotopic (exact) mass is 355 g/mol. The highest BCUT2D eigenvalue weighted by Crippen LogP contribution is 2.31. The van der Waals surface area contributed by atoms with Gasteiger partial charge in [-0.15, -0.1) is 11.3 Å². The molecule has 102 valence electrons. The molecule has 8 heteroatoms. The SMILES string of the molecule is CC(C)(C)CNS(=O)(=O)c1cc(C(=O)O)sc1Br. The van der Waals surface area contributed by atoms with Crippen LogP contribution in [0.25, 0.3) is 0 Å². The van der Waals surface area contributed by atoms with E-state index in [1.165, 1.54) is 0 Å². The molecule has 0 aromatic carbocycles. The van der Waals surface area contributed by atoms with Gasteiger partial charge in [0.1, 0.15) is 9.77 Å². The zero-order valence-electron chi connectivity index (χ0n) is 10.2. The van der Waals surface area contributed by atoms with E-state index >= 15 is 0 Å². The highest BCUT2D eigenvalue weighted by molar-refractivity contribution is 9.11. The van der Waals surface area contributed by atoms with Crippen molar-refractivity contribution < 1.29 is 18.3 Å². The molecule has 0 aliphatic rings. The van der Waals surface area contributed by atoms with E-state index in [4.69, 9.17) is 5.11 Å². The molecule has 0 atom stereocenters. The van der Waals surface area contributed by atoms with Crippen LogP contribution in [0.4, 0.5) is 0 Å². The van der Waals surface area contributed by atoms with Gasteiger partial charge in [-0.3, -0.25) is 0 Å². The van der Waals surface area contributed by atoms with Crippen molar-refractivity contribution in [1.29, 1.82) is 0 Å². The van der Waals surface area contributed by atoms with Crippen LogP contribution in [-0.2, 0) is 10.0 Å². The number of rotatable bonds is 4. The molecule has 2 N–H and O–H groups in total. The molecule has 1 aromatic rings. The Kier molecular flexibility index (Phi) is 4.58. The molecule has 0 aliphatic carbocycles. The van der Waals surface area contributed by atoms with E-state index in [2.05, 4.69) is 20.7 Å². The van der Waals surface area contributed by atoms with Crippen LogP contribution in [0.15, 0.2) is 14.7 Å². The Morgan fingerprint density at radius 3 is 2.44 bits per heavy atom. The van der Waals surface area contributed by atoms with Gasteiger partial charge in [0.15, 0.2) is 0 Å². The van der Waals surface area contributed by atoms with Crippen molar-refractivity contribution >= 4 is 43.3 Å². The summed E-state index contributed by atoms with van der Waals surface area (Å²) in [4.78, 5) is 10.7.